The first-order chi connectivity index (χ1) is 9.99. The molecule has 0 saturated carbocycles. The van der Waals surface area contributed by atoms with E-state index in [1.54, 1.807) is 6.07 Å². The molecule has 1 aromatic heterocycles. The van der Waals surface area contributed by atoms with E-state index in [4.69, 9.17) is 9.84 Å². The normalized spacial score (nSPS) is 10.7. The number of benzene rings is 1. The van der Waals surface area contributed by atoms with Gasteiger partial charge in [-0.25, -0.2) is 9.78 Å². The summed E-state index contributed by atoms with van der Waals surface area (Å²) in [6.45, 7) is 6.15. The molecule has 0 fully saturated rings. The van der Waals surface area contributed by atoms with Crippen molar-refractivity contribution in [1.29, 1.82) is 0 Å². The fourth-order valence-corrected chi connectivity index (χ4v) is 1.98. The second-order valence-corrected chi connectivity index (χ2v) is 5.17. The Morgan fingerprint density at radius 2 is 2.05 bits per heavy atom. The second kappa shape index (κ2) is 6.39. The summed E-state index contributed by atoms with van der Waals surface area (Å²) in [6.07, 6.45) is 0.656. The predicted octanol–water partition coefficient (Wildman–Crippen LogP) is 4.26. The Bertz CT molecular complexity index is 650. The number of aryl methyl sites for hydroxylation is 1. The lowest BCUT2D eigenvalue weighted by Crippen LogP contribution is -2.01. The molecular weight excluding hydrogens is 266 g/mol. The Balaban J connectivity index is 2.32. The number of aromatic carboxylic acids is 1. The van der Waals surface area contributed by atoms with Gasteiger partial charge < -0.3 is 9.84 Å². The van der Waals surface area contributed by atoms with E-state index < -0.39 is 5.97 Å². The van der Waals surface area contributed by atoms with Crippen LogP contribution in [0.2, 0.25) is 0 Å². The SMILES string of the molecule is CCc1cc(C(=O)O)cc(Oc2cccc(C(C)C)c2)n1. The lowest BCUT2D eigenvalue weighted by molar-refractivity contribution is 0.0696. The third-order valence-corrected chi connectivity index (χ3v) is 3.21. The minimum absolute atomic E-state index is 0.192. The number of hydrogen-bond acceptors (Lipinski definition) is 3. The molecule has 0 bridgehead atoms. The fraction of sp³-hybridized carbons (Fsp3) is 0.294. The maximum atomic E-state index is 11.1. The third-order valence-electron chi connectivity index (χ3n) is 3.21. The van der Waals surface area contributed by atoms with Gasteiger partial charge in [0.2, 0.25) is 5.88 Å². The Hall–Kier alpha value is -2.36. The minimum atomic E-state index is -0.979. The average molecular weight is 285 g/mol. The van der Waals surface area contributed by atoms with Gasteiger partial charge in [0, 0.05) is 11.8 Å². The number of carboxylic acid groups (broad SMARTS) is 1. The van der Waals surface area contributed by atoms with E-state index in [-0.39, 0.29) is 5.56 Å². The molecule has 110 valence electrons. The summed E-state index contributed by atoms with van der Waals surface area (Å²) in [6, 6.07) is 10.8. The molecule has 0 spiro atoms. The molecule has 1 heterocycles. The Morgan fingerprint density at radius 3 is 2.67 bits per heavy atom. The van der Waals surface area contributed by atoms with Crippen molar-refractivity contribution >= 4 is 5.97 Å². The van der Waals surface area contributed by atoms with E-state index in [9.17, 15) is 4.79 Å². The molecule has 0 unspecified atom stereocenters. The number of hydrogen-bond donors (Lipinski definition) is 1. The van der Waals surface area contributed by atoms with Gasteiger partial charge in [0.25, 0.3) is 0 Å². The van der Waals surface area contributed by atoms with E-state index in [1.165, 1.54) is 6.07 Å². The van der Waals surface area contributed by atoms with E-state index in [1.807, 2.05) is 31.2 Å². The third kappa shape index (κ3) is 3.81. The van der Waals surface area contributed by atoms with Crippen molar-refractivity contribution in [2.45, 2.75) is 33.1 Å². The molecule has 0 atom stereocenters. The lowest BCUT2D eigenvalue weighted by Gasteiger charge is -2.10. The number of carboxylic acids is 1. The van der Waals surface area contributed by atoms with Crippen LogP contribution in [0.25, 0.3) is 0 Å². The van der Waals surface area contributed by atoms with Crippen LogP contribution in [0.4, 0.5) is 0 Å². The van der Waals surface area contributed by atoms with Crippen LogP contribution in [-0.2, 0) is 6.42 Å². The number of carbonyl (C=O) groups is 1. The van der Waals surface area contributed by atoms with Crippen LogP contribution < -0.4 is 4.74 Å². The molecule has 0 saturated heterocycles. The molecule has 1 N–H and O–H groups in total. The fourth-order valence-electron chi connectivity index (χ4n) is 1.98. The molecule has 0 amide bonds. The number of rotatable bonds is 5. The number of ether oxygens (including phenoxy) is 1. The second-order valence-electron chi connectivity index (χ2n) is 5.17. The summed E-state index contributed by atoms with van der Waals surface area (Å²) < 4.78 is 5.73. The molecule has 4 nitrogen and oxygen atoms in total. The van der Waals surface area contributed by atoms with Gasteiger partial charge in [-0.3, -0.25) is 0 Å². The van der Waals surface area contributed by atoms with E-state index >= 15 is 0 Å². The summed E-state index contributed by atoms with van der Waals surface area (Å²) >= 11 is 0. The highest BCUT2D eigenvalue weighted by atomic mass is 16.5. The van der Waals surface area contributed by atoms with Crippen LogP contribution in [0.1, 0.15) is 48.3 Å². The first kappa shape index (κ1) is 15.0. The van der Waals surface area contributed by atoms with Gasteiger partial charge in [0.05, 0.1) is 5.56 Å². The zero-order valence-corrected chi connectivity index (χ0v) is 12.5. The maximum Gasteiger partial charge on any atom is 0.335 e. The highest BCUT2D eigenvalue weighted by Gasteiger charge is 2.10. The predicted molar refractivity (Wildman–Crippen MR) is 81.2 cm³/mol. The summed E-state index contributed by atoms with van der Waals surface area (Å²) in [4.78, 5) is 15.5. The molecule has 2 aromatic rings. The summed E-state index contributed by atoms with van der Waals surface area (Å²) in [5, 5.41) is 9.13. The summed E-state index contributed by atoms with van der Waals surface area (Å²) in [5.41, 5.74) is 2.05. The van der Waals surface area contributed by atoms with Crippen molar-refractivity contribution < 1.29 is 14.6 Å². The molecule has 2 rings (SSSR count). The molecule has 0 radical (unpaired) electrons. The molecule has 0 aliphatic heterocycles. The Kier molecular flexibility index (Phi) is 4.58. The minimum Gasteiger partial charge on any atom is -0.478 e. The number of nitrogens with zero attached hydrogens (tertiary/aromatic N) is 1. The van der Waals surface area contributed by atoms with Crippen LogP contribution in [0, 0.1) is 0 Å². The quantitative estimate of drug-likeness (QED) is 0.891. The number of aromatic nitrogens is 1. The van der Waals surface area contributed by atoms with Crippen molar-refractivity contribution in [1.82, 2.24) is 4.98 Å². The van der Waals surface area contributed by atoms with Gasteiger partial charge >= 0.3 is 5.97 Å². The van der Waals surface area contributed by atoms with Gasteiger partial charge in [-0.05, 0) is 36.1 Å². The van der Waals surface area contributed by atoms with Gasteiger partial charge in [-0.1, -0.05) is 32.9 Å². The van der Waals surface area contributed by atoms with Crippen molar-refractivity contribution in [3.8, 4) is 11.6 Å². The number of pyridine rings is 1. The standard InChI is InChI=1S/C17H19NO3/c1-4-14-8-13(17(19)20)10-16(18-14)21-15-7-5-6-12(9-15)11(2)3/h5-11H,4H2,1-3H3,(H,19,20). The van der Waals surface area contributed by atoms with Crippen molar-refractivity contribution in [2.24, 2.45) is 0 Å². The molecule has 4 heteroatoms. The Morgan fingerprint density at radius 1 is 1.29 bits per heavy atom. The van der Waals surface area contributed by atoms with E-state index in [0.717, 1.165) is 5.56 Å². The largest absolute Gasteiger partial charge is 0.478 e. The van der Waals surface area contributed by atoms with Crippen LogP contribution >= 0.6 is 0 Å². The van der Waals surface area contributed by atoms with Gasteiger partial charge in [0.15, 0.2) is 0 Å². The maximum absolute atomic E-state index is 11.1. The molecule has 0 aliphatic rings. The van der Waals surface area contributed by atoms with Crippen LogP contribution in [0.5, 0.6) is 11.6 Å². The van der Waals surface area contributed by atoms with Crippen molar-refractivity contribution in [3.63, 3.8) is 0 Å². The van der Waals surface area contributed by atoms with E-state index in [2.05, 4.69) is 18.8 Å². The van der Waals surface area contributed by atoms with Gasteiger partial charge in [-0.15, -0.1) is 0 Å². The smallest absolute Gasteiger partial charge is 0.335 e. The van der Waals surface area contributed by atoms with Gasteiger partial charge in [-0.2, -0.15) is 0 Å². The monoisotopic (exact) mass is 285 g/mol. The van der Waals surface area contributed by atoms with Crippen LogP contribution in [0.15, 0.2) is 36.4 Å². The highest BCUT2D eigenvalue weighted by molar-refractivity contribution is 5.88. The first-order valence-electron chi connectivity index (χ1n) is 7.01. The zero-order valence-electron chi connectivity index (χ0n) is 12.5. The summed E-state index contributed by atoms with van der Waals surface area (Å²) in [7, 11) is 0. The highest BCUT2D eigenvalue weighted by Crippen LogP contribution is 2.25. The lowest BCUT2D eigenvalue weighted by atomic mass is 10.0. The van der Waals surface area contributed by atoms with Crippen molar-refractivity contribution in [3.05, 3.63) is 53.2 Å². The topological polar surface area (TPSA) is 59.4 Å². The average Bonchev–Trinajstić information content (AvgIpc) is 2.47. The van der Waals surface area contributed by atoms with Gasteiger partial charge in [0.1, 0.15) is 5.75 Å². The Labute approximate surface area is 124 Å². The van der Waals surface area contributed by atoms with Crippen molar-refractivity contribution in [2.75, 3.05) is 0 Å². The summed E-state index contributed by atoms with van der Waals surface area (Å²) in [5.74, 6) is 0.400. The van der Waals surface area contributed by atoms with Crippen LogP contribution in [0.3, 0.4) is 0 Å². The van der Waals surface area contributed by atoms with Crippen LogP contribution in [-0.4, -0.2) is 16.1 Å². The molecule has 21 heavy (non-hydrogen) atoms. The molecule has 0 aliphatic carbocycles. The molecule has 1 aromatic carbocycles. The zero-order chi connectivity index (χ0) is 15.4. The first-order valence-corrected chi connectivity index (χ1v) is 7.01. The van der Waals surface area contributed by atoms with E-state index in [0.29, 0.717) is 29.7 Å². The molecular formula is C17H19NO3.